The van der Waals surface area contributed by atoms with E-state index in [1.54, 1.807) is 25.1 Å². The zero-order valence-corrected chi connectivity index (χ0v) is 10.6. The van der Waals surface area contributed by atoms with Crippen LogP contribution in [0.25, 0.3) is 0 Å². The number of methoxy groups -OCH3 is 1. The molecule has 7 heteroatoms. The van der Waals surface area contributed by atoms with E-state index in [9.17, 15) is 4.79 Å². The number of hydrogen-bond acceptors (Lipinski definition) is 5. The lowest BCUT2D eigenvalue weighted by Crippen LogP contribution is -2.15. The van der Waals surface area contributed by atoms with Gasteiger partial charge in [0.15, 0.2) is 0 Å². The number of halogens is 1. The van der Waals surface area contributed by atoms with Gasteiger partial charge in [-0.3, -0.25) is 9.78 Å². The van der Waals surface area contributed by atoms with Crippen LogP contribution in [0.2, 0.25) is 5.02 Å². The van der Waals surface area contributed by atoms with Gasteiger partial charge in [-0.1, -0.05) is 11.6 Å². The van der Waals surface area contributed by atoms with Gasteiger partial charge in [0.2, 0.25) is 5.95 Å². The Labute approximate surface area is 108 Å². The van der Waals surface area contributed by atoms with E-state index >= 15 is 0 Å². The van der Waals surface area contributed by atoms with E-state index in [2.05, 4.69) is 20.5 Å². The van der Waals surface area contributed by atoms with Crippen LogP contribution in [0.3, 0.4) is 0 Å². The van der Waals surface area contributed by atoms with Crippen molar-refractivity contribution < 1.29 is 4.74 Å². The summed E-state index contributed by atoms with van der Waals surface area (Å²) in [4.78, 5) is 13.9. The summed E-state index contributed by atoms with van der Waals surface area (Å²) in [6.07, 6.45) is 0. The van der Waals surface area contributed by atoms with Gasteiger partial charge in [0.25, 0.3) is 5.56 Å². The quantitative estimate of drug-likeness (QED) is 0.887. The first kappa shape index (κ1) is 12.4. The molecule has 6 nitrogen and oxygen atoms in total. The first-order valence-corrected chi connectivity index (χ1v) is 5.52. The zero-order valence-electron chi connectivity index (χ0n) is 9.82. The minimum absolute atomic E-state index is 0.256. The van der Waals surface area contributed by atoms with Gasteiger partial charge in [-0.2, -0.15) is 0 Å². The van der Waals surface area contributed by atoms with Gasteiger partial charge in [-0.15, -0.1) is 10.2 Å². The molecule has 0 fully saturated rings. The van der Waals surface area contributed by atoms with Crippen molar-refractivity contribution in [3.05, 3.63) is 39.3 Å². The van der Waals surface area contributed by atoms with Crippen LogP contribution >= 0.6 is 11.6 Å². The Morgan fingerprint density at radius 2 is 2.17 bits per heavy atom. The Balaban J connectivity index is 2.26. The molecule has 18 heavy (non-hydrogen) atoms. The van der Waals surface area contributed by atoms with Crippen molar-refractivity contribution in [2.45, 2.75) is 6.92 Å². The molecule has 2 rings (SSSR count). The topological polar surface area (TPSA) is 79.9 Å². The summed E-state index contributed by atoms with van der Waals surface area (Å²) in [5, 5.41) is 10.9. The molecule has 1 heterocycles. The number of nitrogens with one attached hydrogen (secondary N) is 2. The lowest BCUT2D eigenvalue weighted by molar-refractivity contribution is 0.415. The van der Waals surface area contributed by atoms with Crippen molar-refractivity contribution in [3.8, 4) is 5.75 Å². The van der Waals surface area contributed by atoms with Crippen molar-refractivity contribution in [1.29, 1.82) is 0 Å². The van der Waals surface area contributed by atoms with E-state index in [1.165, 1.54) is 7.11 Å². The van der Waals surface area contributed by atoms with E-state index in [0.29, 0.717) is 22.2 Å². The summed E-state index contributed by atoms with van der Waals surface area (Å²) in [6.45, 7) is 1.58. The maximum atomic E-state index is 11.4. The van der Waals surface area contributed by atoms with Crippen LogP contribution in [0.4, 0.5) is 11.6 Å². The first-order valence-electron chi connectivity index (χ1n) is 5.14. The van der Waals surface area contributed by atoms with Crippen molar-refractivity contribution >= 4 is 23.2 Å². The third-order valence-corrected chi connectivity index (χ3v) is 2.57. The van der Waals surface area contributed by atoms with Crippen LogP contribution in [0.5, 0.6) is 5.75 Å². The molecule has 1 aromatic heterocycles. The molecule has 0 saturated heterocycles. The van der Waals surface area contributed by atoms with Gasteiger partial charge in [0, 0.05) is 5.69 Å². The summed E-state index contributed by atoms with van der Waals surface area (Å²) in [5.74, 6) is 0.831. The molecular formula is C11H11ClN4O2. The third-order valence-electron chi connectivity index (χ3n) is 2.28. The summed E-state index contributed by atoms with van der Waals surface area (Å²) in [7, 11) is 1.54. The number of aromatic nitrogens is 3. The van der Waals surface area contributed by atoms with E-state index in [1.807, 2.05) is 0 Å². The Morgan fingerprint density at radius 1 is 1.39 bits per heavy atom. The van der Waals surface area contributed by atoms with Crippen molar-refractivity contribution in [1.82, 2.24) is 15.2 Å². The molecule has 1 aromatic carbocycles. The maximum absolute atomic E-state index is 11.4. The van der Waals surface area contributed by atoms with E-state index in [4.69, 9.17) is 16.3 Å². The van der Waals surface area contributed by atoms with Crippen LogP contribution in [0.1, 0.15) is 5.69 Å². The molecule has 0 bridgehead atoms. The van der Waals surface area contributed by atoms with E-state index in [-0.39, 0.29) is 11.5 Å². The maximum Gasteiger partial charge on any atom is 0.273 e. The summed E-state index contributed by atoms with van der Waals surface area (Å²) < 4.78 is 5.04. The largest absolute Gasteiger partial charge is 0.495 e. The van der Waals surface area contributed by atoms with Crippen LogP contribution in [-0.2, 0) is 0 Å². The Morgan fingerprint density at radius 3 is 2.78 bits per heavy atom. The Bertz CT molecular complexity index is 627. The number of H-pyrrole nitrogens is 1. The van der Waals surface area contributed by atoms with Crippen LogP contribution in [0, 0.1) is 6.92 Å². The second-order valence-corrected chi connectivity index (χ2v) is 3.97. The normalized spacial score (nSPS) is 10.2. The monoisotopic (exact) mass is 266 g/mol. The van der Waals surface area contributed by atoms with Crippen molar-refractivity contribution in [2.24, 2.45) is 0 Å². The first-order chi connectivity index (χ1) is 8.60. The number of ether oxygens (including phenoxy) is 1. The summed E-state index contributed by atoms with van der Waals surface area (Å²) in [5.41, 5.74) is 0.704. The van der Waals surface area contributed by atoms with Gasteiger partial charge in [-0.05, 0) is 25.1 Å². The minimum Gasteiger partial charge on any atom is -0.495 e. The number of rotatable bonds is 3. The second kappa shape index (κ2) is 5.05. The average Bonchev–Trinajstić information content (AvgIpc) is 2.34. The highest BCUT2D eigenvalue weighted by molar-refractivity contribution is 6.32. The molecule has 0 atom stereocenters. The highest BCUT2D eigenvalue weighted by atomic mass is 35.5. The minimum atomic E-state index is -0.285. The highest BCUT2D eigenvalue weighted by Gasteiger charge is 2.04. The fraction of sp³-hybridized carbons (Fsp3) is 0.182. The molecule has 0 radical (unpaired) electrons. The molecule has 2 aromatic rings. The van der Waals surface area contributed by atoms with Gasteiger partial charge in [0.1, 0.15) is 11.4 Å². The molecule has 2 N–H and O–H groups in total. The van der Waals surface area contributed by atoms with Gasteiger partial charge < -0.3 is 10.1 Å². The molecule has 0 aliphatic carbocycles. The fourth-order valence-electron chi connectivity index (χ4n) is 1.33. The molecule has 0 aliphatic heterocycles. The number of nitrogens with zero attached hydrogens (tertiary/aromatic N) is 2. The molecule has 0 saturated carbocycles. The number of benzene rings is 1. The van der Waals surface area contributed by atoms with Crippen LogP contribution in [-0.4, -0.2) is 22.3 Å². The average molecular weight is 267 g/mol. The molecule has 0 unspecified atom stereocenters. The van der Waals surface area contributed by atoms with E-state index < -0.39 is 0 Å². The third kappa shape index (κ3) is 2.60. The molecule has 0 amide bonds. The molecule has 0 spiro atoms. The zero-order chi connectivity index (χ0) is 13.1. The predicted molar refractivity (Wildman–Crippen MR) is 68.7 cm³/mol. The molecular weight excluding hydrogens is 256 g/mol. The van der Waals surface area contributed by atoms with Gasteiger partial charge >= 0.3 is 0 Å². The van der Waals surface area contributed by atoms with Gasteiger partial charge in [0.05, 0.1) is 12.1 Å². The van der Waals surface area contributed by atoms with E-state index in [0.717, 1.165) is 0 Å². The lowest BCUT2D eigenvalue weighted by Gasteiger charge is -2.07. The standard InChI is InChI=1S/C11H11ClN4O2/c1-6-10(17)14-11(16-15-6)13-7-3-4-9(18-2)8(12)5-7/h3-5H,1-2H3,(H2,13,14,16,17). The van der Waals surface area contributed by atoms with Crippen LogP contribution < -0.4 is 15.6 Å². The number of aryl methyl sites for hydroxylation is 1. The fourth-order valence-corrected chi connectivity index (χ4v) is 1.59. The summed E-state index contributed by atoms with van der Waals surface area (Å²) in [6, 6.07) is 5.13. The number of anilines is 2. The summed E-state index contributed by atoms with van der Waals surface area (Å²) >= 11 is 5.98. The Kier molecular flexibility index (Phi) is 3.47. The van der Waals surface area contributed by atoms with Crippen LogP contribution in [0.15, 0.2) is 23.0 Å². The molecule has 0 aliphatic rings. The second-order valence-electron chi connectivity index (χ2n) is 3.56. The number of aromatic amines is 1. The smallest absolute Gasteiger partial charge is 0.273 e. The SMILES string of the molecule is COc1ccc(Nc2nnc(C)c(=O)[nH]2)cc1Cl. The van der Waals surface area contributed by atoms with Gasteiger partial charge in [-0.25, -0.2) is 0 Å². The molecule has 94 valence electrons. The predicted octanol–water partition coefficient (Wildman–Crippen LogP) is 1.88. The Hall–Kier alpha value is -2.08. The lowest BCUT2D eigenvalue weighted by atomic mass is 10.3. The highest BCUT2D eigenvalue weighted by Crippen LogP contribution is 2.27. The van der Waals surface area contributed by atoms with Crippen molar-refractivity contribution in [2.75, 3.05) is 12.4 Å². The number of hydrogen-bond donors (Lipinski definition) is 2. The van der Waals surface area contributed by atoms with Crippen molar-refractivity contribution in [3.63, 3.8) is 0 Å².